The maximum absolute atomic E-state index is 12.1. The molecule has 1 fully saturated rings. The van der Waals surface area contributed by atoms with Gasteiger partial charge in [0, 0.05) is 42.7 Å². The average molecular weight is 375 g/mol. The summed E-state index contributed by atoms with van der Waals surface area (Å²) >= 11 is 3.33. The van der Waals surface area contributed by atoms with Gasteiger partial charge in [-0.05, 0) is 52.9 Å². The molecule has 6 heteroatoms. The van der Waals surface area contributed by atoms with Gasteiger partial charge in [0.05, 0.1) is 17.4 Å². The fourth-order valence-electron chi connectivity index (χ4n) is 2.81. The van der Waals surface area contributed by atoms with E-state index in [2.05, 4.69) is 42.2 Å². The molecule has 0 atom stereocenters. The first kappa shape index (κ1) is 15.9. The first-order valence-corrected chi connectivity index (χ1v) is 8.55. The van der Waals surface area contributed by atoms with Crippen molar-refractivity contribution in [3.63, 3.8) is 0 Å². The summed E-state index contributed by atoms with van der Waals surface area (Å²) in [6, 6.07) is 5.84. The van der Waals surface area contributed by atoms with Crippen LogP contribution in [0.25, 0.3) is 0 Å². The SMILES string of the molecule is O=C(NCC1CCN(c2cccnc2)CC1)c1cncc(Br)c1. The molecule has 1 aliphatic heterocycles. The summed E-state index contributed by atoms with van der Waals surface area (Å²) in [6.07, 6.45) is 9.11. The fraction of sp³-hybridized carbons (Fsp3) is 0.353. The van der Waals surface area contributed by atoms with Crippen LogP contribution in [0.5, 0.6) is 0 Å². The van der Waals surface area contributed by atoms with E-state index in [1.54, 1.807) is 24.7 Å². The number of piperidine rings is 1. The van der Waals surface area contributed by atoms with Crippen molar-refractivity contribution in [2.24, 2.45) is 5.92 Å². The van der Waals surface area contributed by atoms with Crippen molar-refractivity contribution >= 4 is 27.5 Å². The number of carbonyl (C=O) groups is 1. The van der Waals surface area contributed by atoms with Crippen molar-refractivity contribution in [1.29, 1.82) is 0 Å². The minimum atomic E-state index is -0.0616. The van der Waals surface area contributed by atoms with Crippen molar-refractivity contribution in [2.75, 3.05) is 24.5 Å². The van der Waals surface area contributed by atoms with Crippen LogP contribution in [0.4, 0.5) is 5.69 Å². The van der Waals surface area contributed by atoms with Gasteiger partial charge in [-0.15, -0.1) is 0 Å². The van der Waals surface area contributed by atoms with E-state index in [-0.39, 0.29) is 5.91 Å². The molecule has 5 nitrogen and oxygen atoms in total. The van der Waals surface area contributed by atoms with Crippen LogP contribution in [0.3, 0.4) is 0 Å². The first-order valence-electron chi connectivity index (χ1n) is 7.76. The number of hydrogen-bond acceptors (Lipinski definition) is 4. The lowest BCUT2D eigenvalue weighted by molar-refractivity contribution is 0.0944. The molecule has 0 aliphatic carbocycles. The zero-order valence-corrected chi connectivity index (χ0v) is 14.4. The summed E-state index contributed by atoms with van der Waals surface area (Å²) in [5.41, 5.74) is 1.77. The normalized spacial score (nSPS) is 15.4. The van der Waals surface area contributed by atoms with Crippen LogP contribution in [-0.4, -0.2) is 35.5 Å². The Hall–Kier alpha value is -1.95. The van der Waals surface area contributed by atoms with Crippen LogP contribution in [0.2, 0.25) is 0 Å². The molecule has 0 saturated carbocycles. The van der Waals surface area contributed by atoms with Crippen LogP contribution < -0.4 is 10.2 Å². The quantitative estimate of drug-likeness (QED) is 0.893. The summed E-state index contributed by atoms with van der Waals surface area (Å²) in [5, 5.41) is 3.02. The third kappa shape index (κ3) is 4.28. The molecule has 0 bridgehead atoms. The van der Waals surface area contributed by atoms with Gasteiger partial charge in [-0.1, -0.05) is 0 Å². The average Bonchev–Trinajstić information content (AvgIpc) is 2.61. The summed E-state index contributed by atoms with van der Waals surface area (Å²) in [6.45, 7) is 2.72. The Morgan fingerprint density at radius 2 is 2.09 bits per heavy atom. The Labute approximate surface area is 144 Å². The van der Waals surface area contributed by atoms with Crippen molar-refractivity contribution in [3.05, 3.63) is 53.0 Å². The summed E-state index contributed by atoms with van der Waals surface area (Å²) in [7, 11) is 0. The molecular formula is C17H19BrN4O. The van der Waals surface area contributed by atoms with Crippen LogP contribution in [0.15, 0.2) is 47.5 Å². The molecule has 2 aromatic heterocycles. The minimum Gasteiger partial charge on any atom is -0.370 e. The Morgan fingerprint density at radius 1 is 1.26 bits per heavy atom. The molecule has 1 N–H and O–H groups in total. The number of nitrogens with zero attached hydrogens (tertiary/aromatic N) is 3. The van der Waals surface area contributed by atoms with E-state index in [0.717, 1.165) is 30.4 Å². The molecule has 1 aliphatic rings. The molecule has 0 unspecified atom stereocenters. The number of rotatable bonds is 4. The second kappa shape index (κ2) is 7.55. The number of halogens is 1. The molecule has 0 aromatic carbocycles. The van der Waals surface area contributed by atoms with E-state index >= 15 is 0 Å². The molecule has 1 amide bonds. The van der Waals surface area contributed by atoms with Crippen LogP contribution >= 0.6 is 15.9 Å². The van der Waals surface area contributed by atoms with Gasteiger partial charge >= 0.3 is 0 Å². The number of aromatic nitrogens is 2. The highest BCUT2D eigenvalue weighted by Gasteiger charge is 2.20. The lowest BCUT2D eigenvalue weighted by atomic mass is 9.96. The summed E-state index contributed by atoms with van der Waals surface area (Å²) in [5.74, 6) is 0.459. The molecule has 3 rings (SSSR count). The standard InChI is InChI=1S/C17H19BrN4O/c18-15-8-14(10-20-11-15)17(23)21-9-13-3-6-22(7-4-13)16-2-1-5-19-12-16/h1-2,5,8,10-13H,3-4,6-7,9H2,(H,21,23). The smallest absolute Gasteiger partial charge is 0.252 e. The molecule has 1 saturated heterocycles. The second-order valence-corrected chi connectivity index (χ2v) is 6.66. The summed E-state index contributed by atoms with van der Waals surface area (Å²) in [4.78, 5) is 22.7. The molecular weight excluding hydrogens is 356 g/mol. The van der Waals surface area contributed by atoms with Gasteiger partial charge in [-0.3, -0.25) is 14.8 Å². The zero-order chi connectivity index (χ0) is 16.1. The molecule has 0 radical (unpaired) electrons. The van der Waals surface area contributed by atoms with Crippen molar-refractivity contribution in [2.45, 2.75) is 12.8 Å². The van der Waals surface area contributed by atoms with Gasteiger partial charge in [0.15, 0.2) is 0 Å². The molecule has 120 valence electrons. The predicted octanol–water partition coefficient (Wildman–Crippen LogP) is 2.89. The zero-order valence-electron chi connectivity index (χ0n) is 12.8. The van der Waals surface area contributed by atoms with Crippen molar-refractivity contribution in [1.82, 2.24) is 15.3 Å². The van der Waals surface area contributed by atoms with E-state index < -0.39 is 0 Å². The highest BCUT2D eigenvalue weighted by molar-refractivity contribution is 9.10. The van der Waals surface area contributed by atoms with Crippen LogP contribution in [0.1, 0.15) is 23.2 Å². The first-order chi connectivity index (χ1) is 11.2. The van der Waals surface area contributed by atoms with E-state index in [4.69, 9.17) is 0 Å². The predicted molar refractivity (Wildman–Crippen MR) is 93.4 cm³/mol. The van der Waals surface area contributed by atoms with Crippen molar-refractivity contribution < 1.29 is 4.79 Å². The monoisotopic (exact) mass is 374 g/mol. The summed E-state index contributed by atoms with van der Waals surface area (Å²) < 4.78 is 0.815. The Balaban J connectivity index is 1.47. The van der Waals surface area contributed by atoms with Gasteiger partial charge < -0.3 is 10.2 Å². The lowest BCUT2D eigenvalue weighted by Gasteiger charge is -2.33. The van der Waals surface area contributed by atoms with Crippen LogP contribution in [-0.2, 0) is 0 Å². The van der Waals surface area contributed by atoms with Gasteiger partial charge in [-0.25, -0.2) is 0 Å². The molecule has 23 heavy (non-hydrogen) atoms. The maximum atomic E-state index is 12.1. The van der Waals surface area contributed by atoms with Crippen molar-refractivity contribution in [3.8, 4) is 0 Å². The van der Waals surface area contributed by atoms with E-state index in [1.165, 1.54) is 5.69 Å². The van der Waals surface area contributed by atoms with E-state index in [0.29, 0.717) is 18.0 Å². The topological polar surface area (TPSA) is 58.1 Å². The van der Waals surface area contributed by atoms with E-state index in [9.17, 15) is 4.79 Å². The maximum Gasteiger partial charge on any atom is 0.252 e. The van der Waals surface area contributed by atoms with Gasteiger partial charge in [0.1, 0.15) is 0 Å². The number of amides is 1. The Morgan fingerprint density at radius 3 is 2.78 bits per heavy atom. The third-order valence-corrected chi connectivity index (χ3v) is 4.58. The lowest BCUT2D eigenvalue weighted by Crippen LogP contribution is -2.38. The molecule has 3 heterocycles. The minimum absolute atomic E-state index is 0.0616. The third-order valence-electron chi connectivity index (χ3n) is 4.14. The van der Waals surface area contributed by atoms with Crippen LogP contribution in [0, 0.1) is 5.92 Å². The number of hydrogen-bond donors (Lipinski definition) is 1. The van der Waals surface area contributed by atoms with Gasteiger partial charge in [-0.2, -0.15) is 0 Å². The molecule has 2 aromatic rings. The largest absolute Gasteiger partial charge is 0.370 e. The highest BCUT2D eigenvalue weighted by atomic mass is 79.9. The molecule has 0 spiro atoms. The number of carbonyl (C=O) groups excluding carboxylic acids is 1. The van der Waals surface area contributed by atoms with Gasteiger partial charge in [0.25, 0.3) is 5.91 Å². The van der Waals surface area contributed by atoms with Gasteiger partial charge in [0.2, 0.25) is 0 Å². The number of nitrogens with one attached hydrogen (secondary N) is 1. The Bertz CT molecular complexity index is 657. The second-order valence-electron chi connectivity index (χ2n) is 5.74. The highest BCUT2D eigenvalue weighted by Crippen LogP contribution is 2.22. The van der Waals surface area contributed by atoms with E-state index in [1.807, 2.05) is 12.3 Å². The number of pyridine rings is 2. The Kier molecular flexibility index (Phi) is 5.23. The number of anilines is 1. The fourth-order valence-corrected chi connectivity index (χ4v) is 3.18.